The number of rotatable bonds is 1. The van der Waals surface area contributed by atoms with Crippen LogP contribution in [0, 0.1) is 12.7 Å². The molecule has 96 valence electrons. The number of fused-ring (bicyclic) bond motifs is 1. The summed E-state index contributed by atoms with van der Waals surface area (Å²) in [6.07, 6.45) is 0. The summed E-state index contributed by atoms with van der Waals surface area (Å²) >= 11 is 0. The molecule has 0 atom stereocenters. The zero-order valence-corrected chi connectivity index (χ0v) is 10.7. The number of hydrogen-bond acceptors (Lipinski definition) is 2. The largest absolute Gasteiger partial charge is 0.508 e. The Balaban J connectivity index is 2.24. The van der Waals surface area contributed by atoms with E-state index >= 15 is 0 Å². The first kappa shape index (κ1) is 11.7. The predicted molar refractivity (Wildman–Crippen MR) is 72.5 cm³/mol. The van der Waals surface area contributed by atoms with E-state index in [2.05, 4.69) is 4.98 Å². The van der Waals surface area contributed by atoms with Crippen LogP contribution in [-0.2, 0) is 7.05 Å². The molecular formula is C15H13FN2O. The van der Waals surface area contributed by atoms with Crippen LogP contribution in [-0.4, -0.2) is 14.7 Å². The van der Waals surface area contributed by atoms with Gasteiger partial charge in [0.15, 0.2) is 0 Å². The van der Waals surface area contributed by atoms with Gasteiger partial charge in [0.1, 0.15) is 17.4 Å². The van der Waals surface area contributed by atoms with E-state index in [4.69, 9.17) is 0 Å². The summed E-state index contributed by atoms with van der Waals surface area (Å²) in [4.78, 5) is 4.43. The van der Waals surface area contributed by atoms with E-state index in [0.717, 1.165) is 16.6 Å². The van der Waals surface area contributed by atoms with E-state index in [1.807, 2.05) is 30.7 Å². The van der Waals surface area contributed by atoms with Crippen molar-refractivity contribution in [3.05, 3.63) is 47.8 Å². The summed E-state index contributed by atoms with van der Waals surface area (Å²) in [5, 5.41) is 9.77. The number of halogens is 1. The molecule has 1 aromatic heterocycles. The van der Waals surface area contributed by atoms with Crippen molar-refractivity contribution in [2.45, 2.75) is 6.92 Å². The molecule has 2 aromatic carbocycles. The van der Waals surface area contributed by atoms with Gasteiger partial charge in [-0.1, -0.05) is 12.1 Å². The van der Waals surface area contributed by atoms with Crippen LogP contribution in [0.2, 0.25) is 0 Å². The maximum absolute atomic E-state index is 13.2. The van der Waals surface area contributed by atoms with Gasteiger partial charge in [-0.15, -0.1) is 0 Å². The number of aromatic hydroxyl groups is 1. The summed E-state index contributed by atoms with van der Waals surface area (Å²) in [6, 6.07) is 9.94. The Labute approximate surface area is 109 Å². The standard InChI is InChI=1S/C15H13FN2O/c1-9-3-4-10(7-14(9)19)15-17-12-8-11(16)5-6-13(12)18(15)2/h3-8,19H,1-2H3. The third-order valence-electron chi connectivity index (χ3n) is 3.31. The average molecular weight is 256 g/mol. The molecule has 0 saturated heterocycles. The second-order valence-electron chi connectivity index (χ2n) is 4.63. The number of imidazole rings is 1. The molecule has 0 unspecified atom stereocenters. The third kappa shape index (κ3) is 1.85. The zero-order chi connectivity index (χ0) is 13.6. The lowest BCUT2D eigenvalue weighted by atomic mass is 10.1. The topological polar surface area (TPSA) is 38.0 Å². The highest BCUT2D eigenvalue weighted by Crippen LogP contribution is 2.28. The molecule has 3 nitrogen and oxygen atoms in total. The summed E-state index contributed by atoms with van der Waals surface area (Å²) < 4.78 is 15.1. The van der Waals surface area contributed by atoms with Crippen LogP contribution in [0.15, 0.2) is 36.4 Å². The number of phenolic OH excluding ortho intramolecular Hbond substituents is 1. The van der Waals surface area contributed by atoms with Crippen LogP contribution in [0.5, 0.6) is 5.75 Å². The Morgan fingerprint density at radius 1 is 1.16 bits per heavy atom. The van der Waals surface area contributed by atoms with Gasteiger partial charge in [-0.2, -0.15) is 0 Å². The second-order valence-corrected chi connectivity index (χ2v) is 4.63. The van der Waals surface area contributed by atoms with E-state index in [0.29, 0.717) is 11.3 Å². The monoisotopic (exact) mass is 256 g/mol. The van der Waals surface area contributed by atoms with Crippen LogP contribution >= 0.6 is 0 Å². The van der Waals surface area contributed by atoms with Crippen molar-refractivity contribution < 1.29 is 9.50 Å². The maximum atomic E-state index is 13.2. The number of nitrogens with zero attached hydrogens (tertiary/aromatic N) is 2. The van der Waals surface area contributed by atoms with E-state index < -0.39 is 0 Å². The summed E-state index contributed by atoms with van der Waals surface area (Å²) in [6.45, 7) is 1.84. The van der Waals surface area contributed by atoms with E-state index in [9.17, 15) is 9.50 Å². The number of aryl methyl sites for hydroxylation is 2. The molecule has 1 N–H and O–H groups in total. The molecule has 0 amide bonds. The molecule has 0 aliphatic rings. The molecule has 0 aliphatic carbocycles. The Kier molecular flexibility index (Phi) is 2.52. The van der Waals surface area contributed by atoms with E-state index in [1.54, 1.807) is 12.1 Å². The molecule has 0 radical (unpaired) electrons. The number of aromatic nitrogens is 2. The minimum Gasteiger partial charge on any atom is -0.508 e. The van der Waals surface area contributed by atoms with Crippen LogP contribution in [0.1, 0.15) is 5.56 Å². The molecule has 0 saturated carbocycles. The molecular weight excluding hydrogens is 243 g/mol. The van der Waals surface area contributed by atoms with Gasteiger partial charge in [0, 0.05) is 18.7 Å². The zero-order valence-electron chi connectivity index (χ0n) is 10.7. The lowest BCUT2D eigenvalue weighted by molar-refractivity contribution is 0.471. The highest BCUT2D eigenvalue weighted by atomic mass is 19.1. The van der Waals surface area contributed by atoms with Gasteiger partial charge in [0.2, 0.25) is 0 Å². The Morgan fingerprint density at radius 3 is 2.68 bits per heavy atom. The number of hydrogen-bond donors (Lipinski definition) is 1. The van der Waals surface area contributed by atoms with Crippen molar-refractivity contribution in [1.29, 1.82) is 0 Å². The van der Waals surface area contributed by atoms with Crippen LogP contribution < -0.4 is 0 Å². The molecule has 0 bridgehead atoms. The first-order chi connectivity index (χ1) is 9.06. The van der Waals surface area contributed by atoms with Gasteiger partial charge in [-0.25, -0.2) is 9.37 Å². The van der Waals surface area contributed by atoms with Gasteiger partial charge < -0.3 is 9.67 Å². The molecule has 19 heavy (non-hydrogen) atoms. The number of phenols is 1. The second kappa shape index (κ2) is 4.09. The first-order valence-electron chi connectivity index (χ1n) is 5.98. The quantitative estimate of drug-likeness (QED) is 0.724. The molecule has 1 heterocycles. The van der Waals surface area contributed by atoms with Crippen molar-refractivity contribution in [2.75, 3.05) is 0 Å². The van der Waals surface area contributed by atoms with Crippen molar-refractivity contribution >= 4 is 11.0 Å². The van der Waals surface area contributed by atoms with Crippen molar-refractivity contribution in [3.8, 4) is 17.1 Å². The van der Waals surface area contributed by atoms with Crippen molar-refractivity contribution in [2.24, 2.45) is 7.05 Å². The summed E-state index contributed by atoms with van der Waals surface area (Å²) in [7, 11) is 1.87. The van der Waals surface area contributed by atoms with Gasteiger partial charge in [-0.3, -0.25) is 0 Å². The highest BCUT2D eigenvalue weighted by molar-refractivity contribution is 5.80. The smallest absolute Gasteiger partial charge is 0.140 e. The van der Waals surface area contributed by atoms with E-state index in [1.165, 1.54) is 12.1 Å². The SMILES string of the molecule is Cc1ccc(-c2nc3cc(F)ccc3n2C)cc1O. The third-order valence-corrected chi connectivity index (χ3v) is 3.31. The van der Waals surface area contributed by atoms with E-state index in [-0.39, 0.29) is 11.6 Å². The van der Waals surface area contributed by atoms with Gasteiger partial charge in [-0.05, 0) is 30.7 Å². The van der Waals surface area contributed by atoms with Crippen LogP contribution in [0.25, 0.3) is 22.4 Å². The average Bonchev–Trinajstić information content (AvgIpc) is 2.70. The Bertz CT molecular complexity index is 777. The van der Waals surface area contributed by atoms with Gasteiger partial charge in [0.05, 0.1) is 11.0 Å². The molecule has 0 fully saturated rings. The Morgan fingerprint density at radius 2 is 1.95 bits per heavy atom. The first-order valence-corrected chi connectivity index (χ1v) is 5.98. The molecule has 4 heteroatoms. The predicted octanol–water partition coefficient (Wildman–Crippen LogP) is 3.39. The summed E-state index contributed by atoms with van der Waals surface area (Å²) in [5.41, 5.74) is 3.09. The Hall–Kier alpha value is -2.36. The lowest BCUT2D eigenvalue weighted by Crippen LogP contribution is -1.92. The van der Waals surface area contributed by atoms with Crippen LogP contribution in [0.3, 0.4) is 0 Å². The summed E-state index contributed by atoms with van der Waals surface area (Å²) in [5.74, 6) is 0.635. The van der Waals surface area contributed by atoms with Crippen molar-refractivity contribution in [1.82, 2.24) is 9.55 Å². The van der Waals surface area contributed by atoms with Crippen LogP contribution in [0.4, 0.5) is 4.39 Å². The molecule has 3 aromatic rings. The fourth-order valence-corrected chi connectivity index (χ4v) is 2.18. The molecule has 0 spiro atoms. The normalized spacial score (nSPS) is 11.1. The fraction of sp³-hybridized carbons (Fsp3) is 0.133. The van der Waals surface area contributed by atoms with Crippen molar-refractivity contribution in [3.63, 3.8) is 0 Å². The molecule has 0 aliphatic heterocycles. The van der Waals surface area contributed by atoms with Gasteiger partial charge >= 0.3 is 0 Å². The fourth-order valence-electron chi connectivity index (χ4n) is 2.18. The maximum Gasteiger partial charge on any atom is 0.140 e. The molecule has 3 rings (SSSR count). The minimum absolute atomic E-state index is 0.232. The van der Waals surface area contributed by atoms with Gasteiger partial charge in [0.25, 0.3) is 0 Å². The number of benzene rings is 2. The lowest BCUT2D eigenvalue weighted by Gasteiger charge is -2.04. The minimum atomic E-state index is -0.302. The highest BCUT2D eigenvalue weighted by Gasteiger charge is 2.11.